The van der Waals surface area contributed by atoms with Gasteiger partial charge >= 0.3 is 0 Å². The normalized spacial score (nSPS) is 18.4. The number of ether oxygens (including phenoxy) is 1. The molecule has 5 nitrogen and oxygen atoms in total. The van der Waals surface area contributed by atoms with E-state index in [4.69, 9.17) is 4.74 Å². The fourth-order valence-corrected chi connectivity index (χ4v) is 6.52. The van der Waals surface area contributed by atoms with Crippen LogP contribution >= 0.6 is 0 Å². The zero-order valence-electron chi connectivity index (χ0n) is 23.3. The number of aromatic nitrogens is 1. The van der Waals surface area contributed by atoms with Crippen LogP contribution in [0.25, 0.3) is 10.9 Å². The van der Waals surface area contributed by atoms with Gasteiger partial charge < -0.3 is 9.64 Å². The molecule has 6 rings (SSSR count). The lowest BCUT2D eigenvalue weighted by atomic mass is 9.73. The Balaban J connectivity index is 1.19. The van der Waals surface area contributed by atoms with Crippen LogP contribution in [-0.2, 0) is 13.0 Å². The molecule has 1 amide bonds. The molecular formula is C35H39N3O2. The van der Waals surface area contributed by atoms with Gasteiger partial charge in [-0.1, -0.05) is 73.2 Å². The van der Waals surface area contributed by atoms with Crippen LogP contribution in [0.2, 0.25) is 0 Å². The highest BCUT2D eigenvalue weighted by Crippen LogP contribution is 2.39. The molecule has 0 aliphatic carbocycles. The molecular weight excluding hydrogens is 494 g/mol. The molecule has 1 spiro atoms. The largest absolute Gasteiger partial charge is 0.492 e. The molecule has 0 radical (unpaired) electrons. The third-order valence-electron chi connectivity index (χ3n) is 8.80. The van der Waals surface area contributed by atoms with E-state index in [0.29, 0.717) is 12.2 Å². The lowest BCUT2D eigenvalue weighted by molar-refractivity contribution is 0.0361. The van der Waals surface area contributed by atoms with E-state index in [-0.39, 0.29) is 11.3 Å². The van der Waals surface area contributed by atoms with Crippen LogP contribution < -0.4 is 4.74 Å². The maximum absolute atomic E-state index is 13.5. The summed E-state index contributed by atoms with van der Waals surface area (Å²) in [6, 6.07) is 29.3. The van der Waals surface area contributed by atoms with Crippen molar-refractivity contribution in [3.8, 4) is 5.75 Å². The summed E-state index contributed by atoms with van der Waals surface area (Å²) >= 11 is 0. The molecule has 0 bridgehead atoms. The number of benzene rings is 3. The standard InChI is InChI=1S/C35H39N3O2/c39-34(31-24-30-14-4-6-15-32(30)36-25-31)38-20-18-35(19-21-38)17-9-8-13-29-12-5-7-16-33(29)40-23-22-37(27-35)26-28-10-2-1-3-11-28/h1-7,10-12,14-16,24-25H,8-9,13,17-23,26-27H2. The van der Waals surface area contributed by atoms with Crippen LogP contribution in [0.5, 0.6) is 5.75 Å². The summed E-state index contributed by atoms with van der Waals surface area (Å²) in [4.78, 5) is 22.7. The number of rotatable bonds is 3. The summed E-state index contributed by atoms with van der Waals surface area (Å²) < 4.78 is 6.33. The quantitative estimate of drug-likeness (QED) is 0.292. The van der Waals surface area contributed by atoms with Crippen molar-refractivity contribution >= 4 is 16.8 Å². The molecule has 0 N–H and O–H groups in total. The van der Waals surface area contributed by atoms with Crippen LogP contribution in [0.3, 0.4) is 0 Å². The van der Waals surface area contributed by atoms with Crippen molar-refractivity contribution in [2.75, 3.05) is 32.8 Å². The number of hydrogen-bond acceptors (Lipinski definition) is 4. The van der Waals surface area contributed by atoms with Gasteiger partial charge in [0, 0.05) is 44.3 Å². The highest BCUT2D eigenvalue weighted by molar-refractivity contribution is 5.97. The SMILES string of the molecule is O=C(c1cnc2ccccc2c1)N1CCC2(CCCCc3ccccc3OCCN(Cc3ccccc3)C2)CC1. The molecule has 2 aliphatic heterocycles. The Hall–Kier alpha value is -3.70. The number of pyridine rings is 1. The van der Waals surface area contributed by atoms with E-state index in [1.165, 1.54) is 24.0 Å². The average molecular weight is 534 g/mol. The van der Waals surface area contributed by atoms with E-state index in [0.717, 1.165) is 75.1 Å². The summed E-state index contributed by atoms with van der Waals surface area (Å²) in [6.07, 6.45) is 8.40. The van der Waals surface area contributed by atoms with E-state index >= 15 is 0 Å². The number of piperidine rings is 1. The summed E-state index contributed by atoms with van der Waals surface area (Å²) in [5.74, 6) is 1.14. The van der Waals surface area contributed by atoms with Gasteiger partial charge in [-0.25, -0.2) is 0 Å². The first-order valence-electron chi connectivity index (χ1n) is 14.8. The maximum Gasteiger partial charge on any atom is 0.255 e. The number of nitrogens with zero attached hydrogens (tertiary/aromatic N) is 3. The Bertz CT molecular complexity index is 1430. The van der Waals surface area contributed by atoms with E-state index in [9.17, 15) is 4.79 Å². The van der Waals surface area contributed by atoms with Crippen molar-refractivity contribution in [2.24, 2.45) is 5.41 Å². The zero-order valence-corrected chi connectivity index (χ0v) is 23.3. The zero-order chi connectivity index (χ0) is 27.2. The molecule has 3 heterocycles. The second kappa shape index (κ2) is 12.2. The van der Waals surface area contributed by atoms with Gasteiger partial charge in [0.25, 0.3) is 5.91 Å². The third-order valence-corrected chi connectivity index (χ3v) is 8.80. The fourth-order valence-electron chi connectivity index (χ4n) is 6.52. The first kappa shape index (κ1) is 26.5. The molecule has 5 heteroatoms. The van der Waals surface area contributed by atoms with Crippen LogP contribution in [-0.4, -0.2) is 53.5 Å². The predicted molar refractivity (Wildman–Crippen MR) is 161 cm³/mol. The number of carbonyl (C=O) groups is 1. The van der Waals surface area contributed by atoms with Crippen molar-refractivity contribution in [1.29, 1.82) is 0 Å². The molecule has 206 valence electrons. The van der Waals surface area contributed by atoms with Gasteiger partial charge in [-0.15, -0.1) is 0 Å². The molecule has 1 aromatic heterocycles. The van der Waals surface area contributed by atoms with E-state index in [1.807, 2.05) is 35.2 Å². The molecule has 3 aromatic carbocycles. The number of likely N-dealkylation sites (tertiary alicyclic amines) is 1. The molecule has 1 saturated heterocycles. The molecule has 0 atom stereocenters. The Morgan fingerprint density at radius 3 is 2.50 bits per heavy atom. The minimum absolute atomic E-state index is 0.104. The Morgan fingerprint density at radius 2 is 1.62 bits per heavy atom. The molecule has 0 saturated carbocycles. The molecule has 0 unspecified atom stereocenters. The lowest BCUT2D eigenvalue weighted by Crippen LogP contribution is -2.48. The highest BCUT2D eigenvalue weighted by atomic mass is 16.5. The van der Waals surface area contributed by atoms with E-state index < -0.39 is 0 Å². The third kappa shape index (κ3) is 6.20. The number of fused-ring (bicyclic) bond motifs is 2. The Morgan fingerprint density at radius 1 is 0.850 bits per heavy atom. The average Bonchev–Trinajstić information content (AvgIpc) is 3.00. The number of aryl methyl sites for hydroxylation is 1. The summed E-state index contributed by atoms with van der Waals surface area (Å²) in [5.41, 5.74) is 4.47. The van der Waals surface area contributed by atoms with Crippen molar-refractivity contribution in [2.45, 2.75) is 45.1 Å². The summed E-state index contributed by atoms with van der Waals surface area (Å²) in [5, 5.41) is 1.02. The van der Waals surface area contributed by atoms with Gasteiger partial charge in [0.1, 0.15) is 12.4 Å². The van der Waals surface area contributed by atoms with E-state index in [2.05, 4.69) is 64.5 Å². The summed E-state index contributed by atoms with van der Waals surface area (Å²) in [6.45, 7) is 5.11. The number of hydrogen-bond donors (Lipinski definition) is 0. The fraction of sp³-hybridized carbons (Fsp3) is 0.371. The minimum Gasteiger partial charge on any atom is -0.492 e. The second-order valence-electron chi connectivity index (χ2n) is 11.6. The van der Waals surface area contributed by atoms with Crippen LogP contribution in [0.15, 0.2) is 91.1 Å². The van der Waals surface area contributed by atoms with Gasteiger partial charge in [0.05, 0.1) is 11.1 Å². The lowest BCUT2D eigenvalue weighted by Gasteiger charge is -2.45. The number of para-hydroxylation sites is 2. The first-order valence-corrected chi connectivity index (χ1v) is 14.8. The van der Waals surface area contributed by atoms with Gasteiger partial charge in [-0.05, 0) is 66.8 Å². The molecule has 1 fully saturated rings. The van der Waals surface area contributed by atoms with Crippen molar-refractivity contribution < 1.29 is 9.53 Å². The molecule has 2 aliphatic rings. The number of carbonyl (C=O) groups excluding carboxylic acids is 1. The van der Waals surface area contributed by atoms with Gasteiger partial charge in [0.15, 0.2) is 0 Å². The topological polar surface area (TPSA) is 45.7 Å². The van der Waals surface area contributed by atoms with Crippen molar-refractivity contribution in [1.82, 2.24) is 14.8 Å². The Labute approximate surface area is 237 Å². The predicted octanol–water partition coefficient (Wildman–Crippen LogP) is 6.76. The maximum atomic E-state index is 13.5. The molecule has 40 heavy (non-hydrogen) atoms. The van der Waals surface area contributed by atoms with Crippen LogP contribution in [0, 0.1) is 5.41 Å². The molecule has 4 aromatic rings. The minimum atomic E-state index is 0.104. The van der Waals surface area contributed by atoms with Gasteiger partial charge in [-0.2, -0.15) is 0 Å². The van der Waals surface area contributed by atoms with Crippen molar-refractivity contribution in [3.63, 3.8) is 0 Å². The number of amides is 1. The van der Waals surface area contributed by atoms with Crippen LogP contribution in [0.4, 0.5) is 0 Å². The Kier molecular flexibility index (Phi) is 8.10. The van der Waals surface area contributed by atoms with Gasteiger partial charge in [0.2, 0.25) is 0 Å². The monoisotopic (exact) mass is 533 g/mol. The van der Waals surface area contributed by atoms with Gasteiger partial charge in [-0.3, -0.25) is 14.7 Å². The van der Waals surface area contributed by atoms with Crippen molar-refractivity contribution in [3.05, 3.63) is 108 Å². The van der Waals surface area contributed by atoms with Crippen LogP contribution in [0.1, 0.15) is 53.6 Å². The highest BCUT2D eigenvalue weighted by Gasteiger charge is 2.37. The smallest absolute Gasteiger partial charge is 0.255 e. The first-order chi connectivity index (χ1) is 19.7. The summed E-state index contributed by atoms with van der Waals surface area (Å²) in [7, 11) is 0. The second-order valence-corrected chi connectivity index (χ2v) is 11.6. The van der Waals surface area contributed by atoms with E-state index in [1.54, 1.807) is 6.20 Å².